The van der Waals surface area contributed by atoms with Crippen LogP contribution in [0.15, 0.2) is 10.6 Å². The van der Waals surface area contributed by atoms with Crippen molar-refractivity contribution in [2.24, 2.45) is 0 Å². The van der Waals surface area contributed by atoms with Gasteiger partial charge >= 0.3 is 5.97 Å². The Balaban J connectivity index is 4.05. The van der Waals surface area contributed by atoms with E-state index in [2.05, 4.69) is 0 Å². The normalized spacial score (nSPS) is 12.6. The number of aliphatic hydroxyl groups excluding tert-OH is 1. The largest absolute Gasteiger partial charge is 0.478 e. The predicted molar refractivity (Wildman–Crippen MR) is 42.5 cm³/mol. The molecule has 0 unspecified atom stereocenters. The monoisotopic (exact) mass is 178 g/mol. The third kappa shape index (κ3) is 4.01. The molecule has 0 aliphatic heterocycles. The predicted octanol–water partition coefficient (Wildman–Crippen LogP) is 1.36. The van der Waals surface area contributed by atoms with Crippen molar-refractivity contribution in [1.29, 1.82) is 0 Å². The second-order valence-corrected chi connectivity index (χ2v) is 2.62. The van der Waals surface area contributed by atoms with E-state index in [0.29, 0.717) is 17.9 Å². The van der Waals surface area contributed by atoms with E-state index in [1.54, 1.807) is 0 Å². The lowest BCUT2D eigenvalue weighted by molar-refractivity contribution is -0.132. The van der Waals surface area contributed by atoms with E-state index >= 15 is 0 Å². The molecule has 4 heteroatoms. The average molecular weight is 179 g/mol. The zero-order valence-electron chi connectivity index (χ0n) is 6.30. The number of aliphatic hydroxyl groups is 1. The third-order valence-electron chi connectivity index (χ3n) is 1.28. The summed E-state index contributed by atoms with van der Waals surface area (Å²) in [5.74, 6) is -1.01. The third-order valence-corrected chi connectivity index (χ3v) is 1.75. The Morgan fingerprint density at radius 1 is 1.55 bits per heavy atom. The van der Waals surface area contributed by atoms with Crippen LogP contribution in [0, 0.1) is 0 Å². The maximum atomic E-state index is 10.3. The van der Waals surface area contributed by atoms with E-state index in [9.17, 15) is 4.79 Å². The summed E-state index contributed by atoms with van der Waals surface area (Å²) in [6, 6.07) is 0. The molecule has 0 fully saturated rings. The van der Waals surface area contributed by atoms with Gasteiger partial charge in [0.2, 0.25) is 0 Å². The fourth-order valence-electron chi connectivity index (χ4n) is 0.538. The van der Waals surface area contributed by atoms with E-state index in [-0.39, 0.29) is 12.2 Å². The first-order valence-corrected chi connectivity index (χ1v) is 3.66. The Morgan fingerprint density at radius 2 is 2.09 bits per heavy atom. The molecule has 0 spiro atoms. The summed E-state index contributed by atoms with van der Waals surface area (Å²) in [6.07, 6.45) is 0.930. The van der Waals surface area contributed by atoms with Gasteiger partial charge in [-0.3, -0.25) is 0 Å². The minimum Gasteiger partial charge on any atom is -0.478 e. The zero-order chi connectivity index (χ0) is 8.85. The van der Waals surface area contributed by atoms with Gasteiger partial charge in [0.15, 0.2) is 0 Å². The maximum absolute atomic E-state index is 10.3. The van der Waals surface area contributed by atoms with Gasteiger partial charge in [-0.1, -0.05) is 11.6 Å². The highest BCUT2D eigenvalue weighted by molar-refractivity contribution is 6.31. The molecule has 0 heterocycles. The first-order valence-electron chi connectivity index (χ1n) is 3.29. The minimum absolute atomic E-state index is 0.0309. The fraction of sp³-hybridized carbons (Fsp3) is 0.571. The van der Waals surface area contributed by atoms with Crippen LogP contribution in [0.1, 0.15) is 19.8 Å². The topological polar surface area (TPSA) is 57.5 Å². The summed E-state index contributed by atoms with van der Waals surface area (Å²) < 4.78 is 0. The van der Waals surface area contributed by atoms with E-state index in [0.717, 1.165) is 0 Å². The van der Waals surface area contributed by atoms with Gasteiger partial charge in [-0.25, -0.2) is 4.79 Å². The molecule has 0 saturated heterocycles. The molecule has 0 bridgehead atoms. The Hall–Kier alpha value is -0.540. The van der Waals surface area contributed by atoms with Gasteiger partial charge < -0.3 is 10.2 Å². The molecular weight excluding hydrogens is 168 g/mol. The number of rotatable bonds is 4. The van der Waals surface area contributed by atoms with Crippen molar-refractivity contribution >= 4 is 17.6 Å². The number of hydrogen-bond acceptors (Lipinski definition) is 2. The number of aliphatic carboxylic acids is 1. The van der Waals surface area contributed by atoms with Crippen molar-refractivity contribution in [3.05, 3.63) is 10.6 Å². The lowest BCUT2D eigenvalue weighted by Crippen LogP contribution is -1.98. The molecule has 3 nitrogen and oxygen atoms in total. The van der Waals surface area contributed by atoms with Crippen molar-refractivity contribution in [1.82, 2.24) is 0 Å². The van der Waals surface area contributed by atoms with Crippen LogP contribution >= 0.6 is 11.6 Å². The van der Waals surface area contributed by atoms with Crippen molar-refractivity contribution in [2.75, 3.05) is 6.61 Å². The second-order valence-electron chi connectivity index (χ2n) is 2.16. The van der Waals surface area contributed by atoms with Gasteiger partial charge in [0, 0.05) is 17.2 Å². The van der Waals surface area contributed by atoms with E-state index in [1.807, 2.05) is 0 Å². The Morgan fingerprint density at radius 3 is 2.45 bits per heavy atom. The highest BCUT2D eigenvalue weighted by Crippen LogP contribution is 2.15. The summed E-state index contributed by atoms with van der Waals surface area (Å²) in [7, 11) is 0. The van der Waals surface area contributed by atoms with Crippen LogP contribution in [0.2, 0.25) is 0 Å². The maximum Gasteiger partial charge on any atom is 0.332 e. The lowest BCUT2D eigenvalue weighted by atomic mass is 10.2. The fourth-order valence-corrected chi connectivity index (χ4v) is 0.752. The molecule has 0 aromatic heterocycles. The number of allylic oxidation sites excluding steroid dienone is 1. The van der Waals surface area contributed by atoms with Crippen molar-refractivity contribution < 1.29 is 15.0 Å². The van der Waals surface area contributed by atoms with E-state index in [1.165, 1.54) is 6.92 Å². The first kappa shape index (κ1) is 10.5. The first-order chi connectivity index (χ1) is 5.09. The van der Waals surface area contributed by atoms with Crippen LogP contribution < -0.4 is 0 Å². The number of carboxylic acid groups (broad SMARTS) is 1. The van der Waals surface area contributed by atoms with Crippen LogP contribution in [0.5, 0.6) is 0 Å². The summed E-state index contributed by atoms with van der Waals surface area (Å²) in [4.78, 5) is 10.3. The molecule has 64 valence electrons. The molecule has 2 N–H and O–H groups in total. The van der Waals surface area contributed by atoms with Gasteiger partial charge in [-0.05, 0) is 19.8 Å². The van der Waals surface area contributed by atoms with Gasteiger partial charge in [0.05, 0.1) is 0 Å². The summed E-state index contributed by atoms with van der Waals surface area (Å²) >= 11 is 5.59. The van der Waals surface area contributed by atoms with Gasteiger partial charge in [0.1, 0.15) is 0 Å². The Kier molecular flexibility index (Phi) is 4.90. The summed E-state index contributed by atoms with van der Waals surface area (Å²) in [6.45, 7) is 1.48. The van der Waals surface area contributed by atoms with Crippen LogP contribution in [0.25, 0.3) is 0 Å². The molecular formula is C7H11ClO3. The minimum atomic E-state index is -1.01. The molecule has 0 aromatic carbocycles. The number of carbonyl (C=O) groups is 1. The van der Waals surface area contributed by atoms with Gasteiger partial charge in [-0.2, -0.15) is 0 Å². The van der Waals surface area contributed by atoms with Crippen molar-refractivity contribution in [3.63, 3.8) is 0 Å². The van der Waals surface area contributed by atoms with E-state index < -0.39 is 5.97 Å². The van der Waals surface area contributed by atoms with E-state index in [4.69, 9.17) is 21.8 Å². The van der Waals surface area contributed by atoms with Crippen LogP contribution in [0.4, 0.5) is 0 Å². The van der Waals surface area contributed by atoms with Gasteiger partial charge in [0.25, 0.3) is 0 Å². The molecule has 0 amide bonds. The summed E-state index contributed by atoms with van der Waals surface area (Å²) in [5, 5.41) is 17.2. The van der Waals surface area contributed by atoms with Crippen LogP contribution in [-0.4, -0.2) is 22.8 Å². The molecule has 0 aliphatic rings. The van der Waals surface area contributed by atoms with Crippen LogP contribution in [0.3, 0.4) is 0 Å². The van der Waals surface area contributed by atoms with Crippen LogP contribution in [-0.2, 0) is 4.79 Å². The smallest absolute Gasteiger partial charge is 0.332 e. The standard InChI is InChI=1S/C7H11ClO3/c1-5(7(10)11)6(8)3-2-4-9/h9H,2-4H2,1H3,(H,10,11). The molecule has 0 atom stereocenters. The summed E-state index contributed by atoms with van der Waals surface area (Å²) in [5.41, 5.74) is 0.153. The van der Waals surface area contributed by atoms with Gasteiger partial charge in [-0.15, -0.1) is 0 Å². The lowest BCUT2D eigenvalue weighted by Gasteiger charge is -1.98. The number of carboxylic acids is 1. The molecule has 0 aliphatic carbocycles. The highest BCUT2D eigenvalue weighted by Gasteiger charge is 2.05. The highest BCUT2D eigenvalue weighted by atomic mass is 35.5. The molecule has 0 saturated carbocycles. The molecule has 0 rings (SSSR count). The Bertz CT molecular complexity index is 175. The second kappa shape index (κ2) is 5.16. The number of halogens is 1. The molecule has 0 radical (unpaired) electrons. The quantitative estimate of drug-likeness (QED) is 0.639. The zero-order valence-corrected chi connectivity index (χ0v) is 7.06. The van der Waals surface area contributed by atoms with Crippen molar-refractivity contribution in [2.45, 2.75) is 19.8 Å². The number of hydrogen-bond donors (Lipinski definition) is 2. The SMILES string of the molecule is CC(C(=O)O)=C(Cl)CCCO. The molecule has 11 heavy (non-hydrogen) atoms. The van der Waals surface area contributed by atoms with Crippen molar-refractivity contribution in [3.8, 4) is 0 Å². The Labute approximate surface area is 70.3 Å². The molecule has 0 aromatic rings. The average Bonchev–Trinajstić information content (AvgIpc) is 1.98.